The Bertz CT molecular complexity index is 436. The molecule has 1 aromatic heterocycles. The third-order valence-electron chi connectivity index (χ3n) is 3.98. The number of furan rings is 1. The molecule has 1 saturated heterocycles. The van der Waals surface area contributed by atoms with Gasteiger partial charge in [0.1, 0.15) is 12.4 Å². The van der Waals surface area contributed by atoms with Crippen molar-refractivity contribution in [1.82, 2.24) is 10.2 Å². The fourth-order valence-electron chi connectivity index (χ4n) is 2.60. The lowest BCUT2D eigenvalue weighted by Crippen LogP contribution is -2.35. The monoisotopic (exact) mass is 294 g/mol. The first-order valence-corrected chi connectivity index (χ1v) is 7.77. The largest absolute Gasteiger partial charge is 0.453 e. The molecule has 0 bridgehead atoms. The summed E-state index contributed by atoms with van der Waals surface area (Å²) in [6.07, 6.45) is 3.56. The minimum absolute atomic E-state index is 0.149. The number of amides is 1. The number of nitrogens with zero attached hydrogens (tertiary/aromatic N) is 1. The molecule has 1 fully saturated rings. The van der Waals surface area contributed by atoms with E-state index in [0.717, 1.165) is 18.9 Å². The highest BCUT2D eigenvalue weighted by molar-refractivity contribution is 5.91. The van der Waals surface area contributed by atoms with Gasteiger partial charge in [-0.2, -0.15) is 0 Å². The zero-order chi connectivity index (χ0) is 15.1. The van der Waals surface area contributed by atoms with E-state index in [0.29, 0.717) is 24.7 Å². The molecule has 5 nitrogen and oxygen atoms in total. The molecule has 0 aliphatic carbocycles. The quantitative estimate of drug-likeness (QED) is 0.784. The Kier molecular flexibility index (Phi) is 6.26. The van der Waals surface area contributed by atoms with Crippen molar-refractivity contribution in [1.29, 1.82) is 0 Å². The van der Waals surface area contributed by atoms with Crippen LogP contribution in [0, 0.1) is 5.92 Å². The SMILES string of the molecule is COCc1ccc(C(=O)NCCCN2CCC(C)CC2)o1. The normalized spacial score (nSPS) is 17.0. The molecule has 1 aromatic rings. The van der Waals surface area contributed by atoms with E-state index in [1.165, 1.54) is 25.9 Å². The van der Waals surface area contributed by atoms with Gasteiger partial charge in [0, 0.05) is 13.7 Å². The maximum absolute atomic E-state index is 11.9. The summed E-state index contributed by atoms with van der Waals surface area (Å²) in [7, 11) is 1.60. The maximum Gasteiger partial charge on any atom is 0.286 e. The smallest absolute Gasteiger partial charge is 0.286 e. The van der Waals surface area contributed by atoms with E-state index in [1.807, 2.05) is 0 Å². The molecule has 5 heteroatoms. The predicted molar refractivity (Wildman–Crippen MR) is 81.2 cm³/mol. The second-order valence-corrected chi connectivity index (χ2v) is 5.83. The van der Waals surface area contributed by atoms with Crippen LogP contribution in [0.2, 0.25) is 0 Å². The van der Waals surface area contributed by atoms with E-state index in [9.17, 15) is 4.79 Å². The Morgan fingerprint density at radius 3 is 2.90 bits per heavy atom. The molecule has 1 N–H and O–H groups in total. The van der Waals surface area contributed by atoms with Crippen molar-refractivity contribution < 1.29 is 13.9 Å². The summed E-state index contributed by atoms with van der Waals surface area (Å²) in [5.74, 6) is 1.74. The third-order valence-corrected chi connectivity index (χ3v) is 3.98. The van der Waals surface area contributed by atoms with Gasteiger partial charge < -0.3 is 19.4 Å². The van der Waals surface area contributed by atoms with Gasteiger partial charge in [-0.3, -0.25) is 4.79 Å². The van der Waals surface area contributed by atoms with Crippen LogP contribution in [-0.4, -0.2) is 44.1 Å². The Morgan fingerprint density at radius 2 is 2.19 bits per heavy atom. The van der Waals surface area contributed by atoms with Crippen LogP contribution < -0.4 is 5.32 Å². The summed E-state index contributed by atoms with van der Waals surface area (Å²) < 4.78 is 10.4. The van der Waals surface area contributed by atoms with E-state index < -0.39 is 0 Å². The van der Waals surface area contributed by atoms with Crippen molar-refractivity contribution in [2.24, 2.45) is 5.92 Å². The van der Waals surface area contributed by atoms with Crippen LogP contribution in [0.4, 0.5) is 0 Å². The minimum atomic E-state index is -0.149. The molecule has 21 heavy (non-hydrogen) atoms. The molecule has 0 saturated carbocycles. The van der Waals surface area contributed by atoms with E-state index in [4.69, 9.17) is 9.15 Å². The molecule has 2 heterocycles. The van der Waals surface area contributed by atoms with Gasteiger partial charge in [0.25, 0.3) is 5.91 Å². The number of carbonyl (C=O) groups excluding carboxylic acids is 1. The highest BCUT2D eigenvalue weighted by Crippen LogP contribution is 2.15. The Hall–Kier alpha value is -1.33. The summed E-state index contributed by atoms with van der Waals surface area (Å²) in [5, 5.41) is 2.90. The molecule has 0 aromatic carbocycles. The van der Waals surface area contributed by atoms with E-state index in [1.54, 1.807) is 19.2 Å². The molecule has 2 rings (SSSR count). The van der Waals surface area contributed by atoms with Crippen molar-refractivity contribution in [3.8, 4) is 0 Å². The number of nitrogens with one attached hydrogen (secondary N) is 1. The van der Waals surface area contributed by atoms with Crippen LogP contribution in [0.1, 0.15) is 42.5 Å². The van der Waals surface area contributed by atoms with Gasteiger partial charge in [0.2, 0.25) is 0 Å². The van der Waals surface area contributed by atoms with E-state index in [-0.39, 0.29) is 5.91 Å². The lowest BCUT2D eigenvalue weighted by molar-refractivity contribution is 0.0914. The first-order valence-electron chi connectivity index (χ1n) is 7.77. The average molecular weight is 294 g/mol. The second-order valence-electron chi connectivity index (χ2n) is 5.83. The summed E-state index contributed by atoms with van der Waals surface area (Å²) in [4.78, 5) is 14.4. The van der Waals surface area contributed by atoms with Crippen LogP contribution in [0.15, 0.2) is 16.5 Å². The summed E-state index contributed by atoms with van der Waals surface area (Å²) in [6.45, 7) is 6.83. The van der Waals surface area contributed by atoms with Gasteiger partial charge in [0.05, 0.1) is 0 Å². The standard InChI is InChI=1S/C16H26N2O3/c1-13-6-10-18(11-7-13)9-3-8-17-16(19)15-5-4-14(21-15)12-20-2/h4-5,13H,3,6-12H2,1-2H3,(H,17,19). The summed E-state index contributed by atoms with van der Waals surface area (Å²) in [5.41, 5.74) is 0. The summed E-state index contributed by atoms with van der Waals surface area (Å²) >= 11 is 0. The topological polar surface area (TPSA) is 54.7 Å². The van der Waals surface area contributed by atoms with Gasteiger partial charge in [-0.15, -0.1) is 0 Å². The fraction of sp³-hybridized carbons (Fsp3) is 0.688. The van der Waals surface area contributed by atoms with Crippen molar-refractivity contribution in [2.45, 2.75) is 32.8 Å². The van der Waals surface area contributed by atoms with E-state index >= 15 is 0 Å². The zero-order valence-electron chi connectivity index (χ0n) is 13.1. The van der Waals surface area contributed by atoms with Gasteiger partial charge in [-0.1, -0.05) is 6.92 Å². The number of methoxy groups -OCH3 is 1. The molecule has 1 aliphatic heterocycles. The summed E-state index contributed by atoms with van der Waals surface area (Å²) in [6, 6.07) is 3.46. The van der Waals surface area contributed by atoms with Crippen molar-refractivity contribution in [3.05, 3.63) is 23.7 Å². The highest BCUT2D eigenvalue weighted by Gasteiger charge is 2.15. The molecule has 0 unspecified atom stereocenters. The Balaban J connectivity index is 1.62. The molecular weight excluding hydrogens is 268 g/mol. The molecule has 118 valence electrons. The van der Waals surface area contributed by atoms with Gasteiger partial charge in [-0.25, -0.2) is 0 Å². The molecule has 1 amide bonds. The predicted octanol–water partition coefficient (Wildman–Crippen LogP) is 2.28. The Morgan fingerprint density at radius 1 is 1.43 bits per heavy atom. The van der Waals surface area contributed by atoms with Crippen LogP contribution in [0.5, 0.6) is 0 Å². The fourth-order valence-corrected chi connectivity index (χ4v) is 2.60. The Labute approximate surface area is 126 Å². The molecule has 0 radical (unpaired) electrons. The molecule has 1 aliphatic rings. The number of ether oxygens (including phenoxy) is 1. The van der Waals surface area contributed by atoms with Crippen LogP contribution >= 0.6 is 0 Å². The van der Waals surface area contributed by atoms with Crippen LogP contribution in [0.25, 0.3) is 0 Å². The average Bonchev–Trinajstić information content (AvgIpc) is 2.94. The first kappa shape index (κ1) is 16.0. The van der Waals surface area contributed by atoms with Crippen molar-refractivity contribution >= 4 is 5.91 Å². The van der Waals surface area contributed by atoms with Crippen molar-refractivity contribution in [2.75, 3.05) is 33.3 Å². The maximum atomic E-state index is 11.9. The number of hydrogen-bond acceptors (Lipinski definition) is 4. The van der Waals surface area contributed by atoms with Gasteiger partial charge in [-0.05, 0) is 56.9 Å². The molecular formula is C16H26N2O3. The number of hydrogen-bond donors (Lipinski definition) is 1. The number of rotatable bonds is 7. The van der Waals surface area contributed by atoms with Gasteiger partial charge in [0.15, 0.2) is 5.76 Å². The number of carbonyl (C=O) groups is 1. The third kappa shape index (κ3) is 5.17. The van der Waals surface area contributed by atoms with Gasteiger partial charge >= 0.3 is 0 Å². The lowest BCUT2D eigenvalue weighted by atomic mass is 9.99. The minimum Gasteiger partial charge on any atom is -0.453 e. The highest BCUT2D eigenvalue weighted by atomic mass is 16.5. The number of likely N-dealkylation sites (tertiary alicyclic amines) is 1. The van der Waals surface area contributed by atoms with Crippen LogP contribution in [0.3, 0.4) is 0 Å². The first-order chi connectivity index (χ1) is 10.2. The second kappa shape index (κ2) is 8.20. The number of piperidine rings is 1. The molecule has 0 atom stereocenters. The lowest BCUT2D eigenvalue weighted by Gasteiger charge is -2.30. The van der Waals surface area contributed by atoms with E-state index in [2.05, 4.69) is 17.1 Å². The molecule has 0 spiro atoms. The zero-order valence-corrected chi connectivity index (χ0v) is 13.1. The van der Waals surface area contributed by atoms with Crippen molar-refractivity contribution in [3.63, 3.8) is 0 Å². The van der Waals surface area contributed by atoms with Crippen LogP contribution in [-0.2, 0) is 11.3 Å².